The van der Waals surface area contributed by atoms with Gasteiger partial charge in [-0.25, -0.2) is 9.79 Å². The quantitative estimate of drug-likeness (QED) is 0.462. The summed E-state index contributed by atoms with van der Waals surface area (Å²) in [5, 5.41) is 0.650. The number of esters is 1. The van der Waals surface area contributed by atoms with Gasteiger partial charge in [-0.3, -0.25) is 9.69 Å². The Morgan fingerprint density at radius 3 is 2.69 bits per heavy atom. The van der Waals surface area contributed by atoms with E-state index in [1.165, 1.54) is 0 Å². The first-order chi connectivity index (χ1) is 14.1. The van der Waals surface area contributed by atoms with Crippen LogP contribution < -0.4 is 4.74 Å². The van der Waals surface area contributed by atoms with Crippen LogP contribution in [0, 0.1) is 0 Å². The van der Waals surface area contributed by atoms with Crippen molar-refractivity contribution in [2.24, 2.45) is 4.99 Å². The molecular weight excluding hydrogens is 388 g/mol. The zero-order valence-corrected chi connectivity index (χ0v) is 18.1. The lowest BCUT2D eigenvalue weighted by molar-refractivity contribution is -0.139. The van der Waals surface area contributed by atoms with Gasteiger partial charge in [-0.2, -0.15) is 0 Å². The fourth-order valence-corrected chi connectivity index (χ4v) is 4.48. The van der Waals surface area contributed by atoms with E-state index in [2.05, 4.69) is 11.9 Å². The number of fused-ring (bicyclic) bond motifs is 1. The van der Waals surface area contributed by atoms with Gasteiger partial charge in [0.25, 0.3) is 0 Å². The Hall–Kier alpha value is -2.28. The summed E-state index contributed by atoms with van der Waals surface area (Å²) in [6.07, 6.45) is 3.74. The van der Waals surface area contributed by atoms with Crippen LogP contribution in [-0.4, -0.2) is 40.9 Å². The van der Waals surface area contributed by atoms with Crippen LogP contribution in [0.2, 0.25) is 0 Å². The number of amides is 1. The molecule has 2 aliphatic heterocycles. The standard InChI is InChI=1S/C22H28N2O4S/c1-4-6-7-13-28-17-10-8-16(9-11-17)20-19(21(26)27-5-2)15(3)23-22-24(20)18(25)12-14-29-22/h8-11,20H,4-7,12-14H2,1-3H3. The number of unbranched alkanes of at least 4 members (excludes halogenated alkanes) is 2. The molecule has 1 atom stereocenters. The number of hydrogen-bond donors (Lipinski definition) is 0. The van der Waals surface area contributed by atoms with Gasteiger partial charge in [0.1, 0.15) is 5.75 Å². The van der Waals surface area contributed by atoms with Crippen molar-refractivity contribution in [3.05, 3.63) is 41.1 Å². The predicted molar refractivity (Wildman–Crippen MR) is 115 cm³/mol. The van der Waals surface area contributed by atoms with Gasteiger partial charge in [0, 0.05) is 12.2 Å². The largest absolute Gasteiger partial charge is 0.494 e. The molecule has 1 saturated heterocycles. The lowest BCUT2D eigenvalue weighted by Crippen LogP contribution is -2.45. The minimum atomic E-state index is -0.531. The number of ether oxygens (including phenoxy) is 2. The van der Waals surface area contributed by atoms with Crippen molar-refractivity contribution in [2.45, 2.75) is 52.5 Å². The van der Waals surface area contributed by atoms with Crippen LogP contribution in [0.4, 0.5) is 0 Å². The fourth-order valence-electron chi connectivity index (χ4n) is 3.47. The first-order valence-corrected chi connectivity index (χ1v) is 11.2. The maximum absolute atomic E-state index is 12.7. The summed E-state index contributed by atoms with van der Waals surface area (Å²) < 4.78 is 11.1. The third-order valence-corrected chi connectivity index (χ3v) is 5.87. The van der Waals surface area contributed by atoms with Gasteiger partial charge in [0.2, 0.25) is 5.91 Å². The maximum Gasteiger partial charge on any atom is 0.338 e. The molecule has 0 aromatic heterocycles. The van der Waals surface area contributed by atoms with Crippen molar-refractivity contribution in [3.8, 4) is 5.75 Å². The molecule has 1 aromatic carbocycles. The van der Waals surface area contributed by atoms with Crippen molar-refractivity contribution in [1.29, 1.82) is 0 Å². The lowest BCUT2D eigenvalue weighted by atomic mass is 9.94. The summed E-state index contributed by atoms with van der Waals surface area (Å²) >= 11 is 1.54. The highest BCUT2D eigenvalue weighted by Crippen LogP contribution is 2.40. The molecule has 1 unspecified atom stereocenters. The number of carbonyl (C=O) groups excluding carboxylic acids is 2. The Kier molecular flexibility index (Phi) is 7.36. The number of rotatable bonds is 8. The molecule has 0 aliphatic carbocycles. The number of nitrogens with zero attached hydrogens (tertiary/aromatic N) is 2. The Morgan fingerprint density at radius 2 is 2.00 bits per heavy atom. The number of thioether (sulfide) groups is 1. The van der Waals surface area contributed by atoms with Crippen molar-refractivity contribution in [1.82, 2.24) is 4.90 Å². The second kappa shape index (κ2) is 9.96. The van der Waals surface area contributed by atoms with E-state index in [4.69, 9.17) is 9.47 Å². The topological polar surface area (TPSA) is 68.2 Å². The Bertz CT molecular complexity index is 817. The highest BCUT2D eigenvalue weighted by molar-refractivity contribution is 8.14. The highest BCUT2D eigenvalue weighted by atomic mass is 32.2. The van der Waals surface area contributed by atoms with Gasteiger partial charge in [-0.15, -0.1) is 0 Å². The molecule has 3 rings (SSSR count). The zero-order valence-electron chi connectivity index (χ0n) is 17.3. The van der Waals surface area contributed by atoms with Crippen LogP contribution in [0.15, 0.2) is 40.5 Å². The first kappa shape index (κ1) is 21.4. The summed E-state index contributed by atoms with van der Waals surface area (Å²) in [5.74, 6) is 1.03. The van der Waals surface area contributed by atoms with E-state index in [0.29, 0.717) is 35.2 Å². The molecule has 2 heterocycles. The molecule has 0 radical (unpaired) electrons. The lowest BCUT2D eigenvalue weighted by Gasteiger charge is -2.38. The van der Waals surface area contributed by atoms with E-state index in [9.17, 15) is 9.59 Å². The second-order valence-electron chi connectivity index (χ2n) is 7.00. The molecule has 2 aliphatic rings. The first-order valence-electron chi connectivity index (χ1n) is 10.2. The van der Waals surface area contributed by atoms with Crippen LogP contribution in [-0.2, 0) is 14.3 Å². The van der Waals surface area contributed by atoms with Crippen molar-refractivity contribution >= 4 is 28.8 Å². The van der Waals surface area contributed by atoms with Gasteiger partial charge < -0.3 is 9.47 Å². The van der Waals surface area contributed by atoms with Gasteiger partial charge in [0.15, 0.2) is 5.17 Å². The average molecular weight is 417 g/mol. The summed E-state index contributed by atoms with van der Waals surface area (Å²) in [6.45, 7) is 6.68. The van der Waals surface area contributed by atoms with Gasteiger partial charge in [0.05, 0.1) is 30.5 Å². The molecule has 1 amide bonds. The molecule has 156 valence electrons. The van der Waals surface area contributed by atoms with Crippen LogP contribution >= 0.6 is 11.8 Å². The molecule has 1 aromatic rings. The van der Waals surface area contributed by atoms with Crippen LogP contribution in [0.1, 0.15) is 58.1 Å². The third kappa shape index (κ3) is 4.83. The second-order valence-corrected chi connectivity index (χ2v) is 8.07. The molecular formula is C22H28N2O4S. The summed E-state index contributed by atoms with van der Waals surface area (Å²) in [5.41, 5.74) is 1.86. The van der Waals surface area contributed by atoms with Crippen molar-refractivity contribution in [3.63, 3.8) is 0 Å². The monoisotopic (exact) mass is 416 g/mol. The number of benzene rings is 1. The van der Waals surface area contributed by atoms with E-state index < -0.39 is 12.0 Å². The minimum absolute atomic E-state index is 0.0262. The molecule has 0 saturated carbocycles. The molecule has 0 bridgehead atoms. The average Bonchev–Trinajstić information content (AvgIpc) is 2.71. The number of aliphatic imine (C=N–C) groups is 1. The zero-order chi connectivity index (χ0) is 20.8. The Labute approximate surface area is 176 Å². The van der Waals surface area contributed by atoms with Crippen LogP contribution in [0.5, 0.6) is 5.75 Å². The Morgan fingerprint density at radius 1 is 1.24 bits per heavy atom. The summed E-state index contributed by atoms with van der Waals surface area (Å²) in [4.78, 5) is 31.6. The number of amidine groups is 1. The van der Waals surface area contributed by atoms with Crippen molar-refractivity contribution < 1.29 is 19.1 Å². The highest BCUT2D eigenvalue weighted by Gasteiger charge is 2.41. The fraction of sp³-hybridized carbons (Fsp3) is 0.500. The minimum Gasteiger partial charge on any atom is -0.494 e. The number of hydrogen-bond acceptors (Lipinski definition) is 6. The molecule has 7 heteroatoms. The van der Waals surface area contributed by atoms with Crippen molar-refractivity contribution in [2.75, 3.05) is 19.0 Å². The SMILES string of the molecule is CCCCCOc1ccc(C2C(C(=O)OCC)=C(C)N=C3SCCC(=O)N32)cc1. The Balaban J connectivity index is 1.91. The molecule has 29 heavy (non-hydrogen) atoms. The summed E-state index contributed by atoms with van der Waals surface area (Å²) in [6, 6.07) is 7.10. The van der Waals surface area contributed by atoms with Gasteiger partial charge in [-0.05, 0) is 38.0 Å². The van der Waals surface area contributed by atoms with Crippen LogP contribution in [0.3, 0.4) is 0 Å². The van der Waals surface area contributed by atoms with Gasteiger partial charge >= 0.3 is 5.97 Å². The molecule has 6 nitrogen and oxygen atoms in total. The molecule has 0 spiro atoms. The molecule has 0 N–H and O–H groups in total. The van der Waals surface area contributed by atoms with E-state index in [1.54, 1.807) is 30.5 Å². The predicted octanol–water partition coefficient (Wildman–Crippen LogP) is 4.47. The van der Waals surface area contributed by atoms with Crippen LogP contribution in [0.25, 0.3) is 0 Å². The number of carbonyl (C=O) groups is 2. The number of allylic oxidation sites excluding steroid dienone is 1. The molecule has 1 fully saturated rings. The van der Waals surface area contributed by atoms with E-state index in [-0.39, 0.29) is 12.5 Å². The normalized spacial score (nSPS) is 19.0. The maximum atomic E-state index is 12.7. The van der Waals surface area contributed by atoms with Gasteiger partial charge in [-0.1, -0.05) is 43.7 Å². The van der Waals surface area contributed by atoms with E-state index in [0.717, 1.165) is 30.6 Å². The third-order valence-electron chi connectivity index (χ3n) is 4.91. The van der Waals surface area contributed by atoms with E-state index in [1.807, 2.05) is 24.3 Å². The van der Waals surface area contributed by atoms with E-state index >= 15 is 0 Å². The summed E-state index contributed by atoms with van der Waals surface area (Å²) in [7, 11) is 0. The smallest absolute Gasteiger partial charge is 0.338 e.